The van der Waals surface area contributed by atoms with E-state index in [9.17, 15) is 0 Å². The Morgan fingerprint density at radius 1 is 0.139 bits per heavy atom. The largest absolute Gasteiger partial charge is 0.0622 e. The second-order valence-electron chi connectivity index (χ2n) is 19.0. The molecule has 14 aromatic rings. The Morgan fingerprint density at radius 3 is 0.819 bits per heavy atom. The van der Waals surface area contributed by atoms with Gasteiger partial charge in [-0.2, -0.15) is 0 Å². The minimum absolute atomic E-state index is 1.18. The van der Waals surface area contributed by atoms with Crippen molar-refractivity contribution in [1.82, 2.24) is 0 Å². The van der Waals surface area contributed by atoms with Crippen LogP contribution in [-0.4, -0.2) is 0 Å². The lowest BCUT2D eigenvalue weighted by Gasteiger charge is -2.25. The van der Waals surface area contributed by atoms with Crippen LogP contribution in [0.2, 0.25) is 0 Å². The summed E-state index contributed by atoms with van der Waals surface area (Å²) in [5, 5.41) is 14.9. The fraction of sp³-hybridized carbons (Fsp3) is 0. The number of hydrogen-bond acceptors (Lipinski definition) is 0. The Bertz CT molecular complexity index is 4240. The van der Waals surface area contributed by atoms with Crippen LogP contribution in [0, 0.1) is 0 Å². The van der Waals surface area contributed by atoms with Crippen molar-refractivity contribution in [3.05, 3.63) is 279 Å². The third kappa shape index (κ3) is 6.76. The minimum atomic E-state index is 1.18. The maximum Gasteiger partial charge on any atom is -0.000763 e. The van der Waals surface area contributed by atoms with Crippen molar-refractivity contribution in [3.63, 3.8) is 0 Å². The monoisotopic (exact) mass is 910 g/mol. The Kier molecular flexibility index (Phi) is 9.96. The van der Waals surface area contributed by atoms with E-state index in [0.717, 1.165) is 0 Å². The van der Waals surface area contributed by atoms with Gasteiger partial charge in [-0.25, -0.2) is 0 Å². The number of benzene rings is 14. The summed E-state index contributed by atoms with van der Waals surface area (Å²) >= 11 is 0. The Morgan fingerprint density at radius 2 is 0.417 bits per heavy atom. The molecule has 0 aliphatic carbocycles. The molecule has 0 saturated heterocycles. The summed E-state index contributed by atoms with van der Waals surface area (Å²) in [6, 6.07) is 104. The molecule has 0 spiro atoms. The highest BCUT2D eigenvalue weighted by molar-refractivity contribution is 6.36. The SMILES string of the molecule is c1ccc(-c2cc3c4cc(-c5ccccc5)c(-c5ccccc5)cc4c4c(-c5cccc6c7ccccc7c7ccccc7c56)c(-c5ccccc5)c(-c5ccccc5)cc4c3cc2-c2ccccc2)cc1. The zero-order valence-corrected chi connectivity index (χ0v) is 39.6. The number of fused-ring (bicyclic) bond motifs is 12. The summed E-state index contributed by atoms with van der Waals surface area (Å²) in [5.41, 5.74) is 16.8. The summed E-state index contributed by atoms with van der Waals surface area (Å²) in [4.78, 5) is 0. The first-order valence-electron chi connectivity index (χ1n) is 25.0. The van der Waals surface area contributed by atoms with Crippen LogP contribution in [0.15, 0.2) is 279 Å². The summed E-state index contributed by atoms with van der Waals surface area (Å²) < 4.78 is 0. The average Bonchev–Trinajstić information content (AvgIpc) is 3.47. The number of hydrogen-bond donors (Lipinski definition) is 0. The van der Waals surface area contributed by atoms with E-state index < -0.39 is 0 Å². The molecule has 0 amide bonds. The minimum Gasteiger partial charge on any atom is -0.0622 e. The van der Waals surface area contributed by atoms with E-state index >= 15 is 0 Å². The molecule has 0 atom stereocenters. The molecule has 334 valence electrons. The smallest absolute Gasteiger partial charge is 0.000763 e. The molecule has 14 aromatic carbocycles. The highest BCUT2D eigenvalue weighted by Crippen LogP contribution is 2.54. The molecule has 0 aromatic heterocycles. The molecule has 0 nitrogen and oxygen atoms in total. The third-order valence-corrected chi connectivity index (χ3v) is 15.0. The van der Waals surface area contributed by atoms with Crippen LogP contribution >= 0.6 is 0 Å². The summed E-state index contributed by atoms with van der Waals surface area (Å²) in [6.45, 7) is 0. The van der Waals surface area contributed by atoms with Crippen molar-refractivity contribution in [3.8, 4) is 77.9 Å². The molecular weight excluding hydrogens is 865 g/mol. The van der Waals surface area contributed by atoms with Crippen LogP contribution in [0.4, 0.5) is 0 Å². The van der Waals surface area contributed by atoms with Crippen LogP contribution < -0.4 is 0 Å². The molecule has 0 radical (unpaired) electrons. The Labute approximate surface area is 419 Å². The topological polar surface area (TPSA) is 0 Å². The zero-order chi connectivity index (χ0) is 47.5. The lowest BCUT2D eigenvalue weighted by atomic mass is 9.77. The van der Waals surface area contributed by atoms with E-state index in [1.807, 2.05) is 0 Å². The summed E-state index contributed by atoms with van der Waals surface area (Å²) in [7, 11) is 0. The van der Waals surface area contributed by atoms with Gasteiger partial charge in [0.1, 0.15) is 0 Å². The molecule has 14 rings (SSSR count). The van der Waals surface area contributed by atoms with Gasteiger partial charge in [-0.3, -0.25) is 0 Å². The van der Waals surface area contributed by atoms with E-state index in [1.54, 1.807) is 0 Å². The number of rotatable bonds is 7. The van der Waals surface area contributed by atoms with Gasteiger partial charge in [-0.05, 0) is 173 Å². The van der Waals surface area contributed by atoms with Gasteiger partial charge in [0.25, 0.3) is 0 Å². The van der Waals surface area contributed by atoms with Gasteiger partial charge in [-0.15, -0.1) is 0 Å². The van der Waals surface area contributed by atoms with Crippen molar-refractivity contribution in [2.45, 2.75) is 0 Å². The third-order valence-electron chi connectivity index (χ3n) is 15.0. The first-order valence-corrected chi connectivity index (χ1v) is 25.0. The van der Waals surface area contributed by atoms with Crippen LogP contribution in [-0.2, 0) is 0 Å². The fourth-order valence-electron chi connectivity index (χ4n) is 11.9. The molecule has 72 heavy (non-hydrogen) atoms. The Hall–Kier alpha value is -9.36. The lowest BCUT2D eigenvalue weighted by Crippen LogP contribution is -1.98. The normalized spacial score (nSPS) is 11.6. The van der Waals surface area contributed by atoms with Crippen molar-refractivity contribution in [2.75, 3.05) is 0 Å². The van der Waals surface area contributed by atoms with E-state index in [0.29, 0.717) is 0 Å². The molecule has 0 unspecified atom stereocenters. The highest BCUT2D eigenvalue weighted by atomic mass is 14.3. The summed E-state index contributed by atoms with van der Waals surface area (Å²) in [6.07, 6.45) is 0. The lowest BCUT2D eigenvalue weighted by molar-refractivity contribution is 1.59. The fourth-order valence-corrected chi connectivity index (χ4v) is 11.9. The predicted octanol–water partition coefficient (Wildman–Crippen LogP) is 20.3. The van der Waals surface area contributed by atoms with Crippen molar-refractivity contribution < 1.29 is 0 Å². The van der Waals surface area contributed by atoms with Gasteiger partial charge < -0.3 is 0 Å². The zero-order valence-electron chi connectivity index (χ0n) is 39.6. The Balaban J connectivity index is 1.29. The van der Waals surface area contributed by atoms with Gasteiger partial charge in [0.15, 0.2) is 0 Å². The summed E-state index contributed by atoms with van der Waals surface area (Å²) in [5.74, 6) is 0. The molecule has 0 fully saturated rings. The molecule has 0 N–H and O–H groups in total. The molecule has 0 aliphatic heterocycles. The molecule has 0 heteroatoms. The molecular formula is C72H46. The van der Waals surface area contributed by atoms with Gasteiger partial charge in [0.2, 0.25) is 0 Å². The second kappa shape index (κ2) is 17.2. The average molecular weight is 911 g/mol. The van der Waals surface area contributed by atoms with Gasteiger partial charge >= 0.3 is 0 Å². The van der Waals surface area contributed by atoms with Crippen LogP contribution in [0.5, 0.6) is 0 Å². The van der Waals surface area contributed by atoms with E-state index in [4.69, 9.17) is 0 Å². The quantitative estimate of drug-likeness (QED) is 0.140. The maximum atomic E-state index is 2.53. The van der Waals surface area contributed by atoms with Crippen molar-refractivity contribution in [1.29, 1.82) is 0 Å². The standard InChI is InChI=1S/C72H46/c1-7-24-47(25-8-1)59-42-64-65-44-61(49-28-11-3-12-29-49)62(50-30-13-4-14-31-50)45-67(65)71-68(66(64)43-60(59)48-26-9-2-10-27-48)46-63(51-32-15-5-16-33-51)69(52-34-17-6-18-35-52)72(71)58-41-23-40-57-55-37-20-19-36-53(55)54-38-21-22-39-56(54)70(57)58/h1-46H. The highest BCUT2D eigenvalue weighted by Gasteiger charge is 2.26. The van der Waals surface area contributed by atoms with Gasteiger partial charge in [-0.1, -0.05) is 249 Å². The van der Waals surface area contributed by atoms with E-state index in [2.05, 4.69) is 279 Å². The van der Waals surface area contributed by atoms with Crippen molar-refractivity contribution >= 4 is 64.6 Å². The second-order valence-corrected chi connectivity index (χ2v) is 19.0. The van der Waals surface area contributed by atoms with Crippen LogP contribution in [0.3, 0.4) is 0 Å². The molecule has 0 saturated carbocycles. The molecule has 0 aliphatic rings. The first kappa shape index (κ1) is 41.6. The van der Waals surface area contributed by atoms with Crippen molar-refractivity contribution in [2.24, 2.45) is 0 Å². The van der Waals surface area contributed by atoms with Crippen LogP contribution in [0.25, 0.3) is 143 Å². The van der Waals surface area contributed by atoms with E-state index in [-0.39, 0.29) is 0 Å². The molecule has 0 heterocycles. The first-order chi connectivity index (χ1) is 35.8. The predicted molar refractivity (Wildman–Crippen MR) is 310 cm³/mol. The molecule has 0 bridgehead atoms. The van der Waals surface area contributed by atoms with E-state index in [1.165, 1.54) is 143 Å². The van der Waals surface area contributed by atoms with Crippen LogP contribution in [0.1, 0.15) is 0 Å². The maximum absolute atomic E-state index is 2.53. The van der Waals surface area contributed by atoms with Gasteiger partial charge in [0, 0.05) is 0 Å². The van der Waals surface area contributed by atoms with Gasteiger partial charge in [0.05, 0.1) is 0 Å².